The molecule has 1 amide bonds. The van der Waals surface area contributed by atoms with Gasteiger partial charge in [-0.25, -0.2) is 0 Å². The molecule has 0 saturated heterocycles. The highest BCUT2D eigenvalue weighted by molar-refractivity contribution is 6.04. The molecule has 0 aliphatic heterocycles. The SMILES string of the molecule is Cc1cccc(Cn2nc(C)c(NC(=O)c3ccccc3)c2C)c1. The Bertz CT molecular complexity index is 866. The van der Waals surface area contributed by atoms with Crippen LogP contribution >= 0.6 is 0 Å². The lowest BCUT2D eigenvalue weighted by Gasteiger charge is -2.08. The first-order valence-electron chi connectivity index (χ1n) is 8.00. The number of anilines is 1. The van der Waals surface area contributed by atoms with Crippen LogP contribution in [0.3, 0.4) is 0 Å². The second kappa shape index (κ2) is 6.71. The van der Waals surface area contributed by atoms with E-state index in [9.17, 15) is 4.79 Å². The highest BCUT2D eigenvalue weighted by Gasteiger charge is 2.15. The van der Waals surface area contributed by atoms with Crippen LogP contribution in [0.4, 0.5) is 5.69 Å². The minimum atomic E-state index is -0.114. The number of hydrogen-bond donors (Lipinski definition) is 1. The van der Waals surface area contributed by atoms with Crippen LogP contribution in [0.1, 0.15) is 32.9 Å². The minimum absolute atomic E-state index is 0.114. The molecule has 0 atom stereocenters. The van der Waals surface area contributed by atoms with Gasteiger partial charge >= 0.3 is 0 Å². The van der Waals surface area contributed by atoms with Crippen LogP contribution in [-0.4, -0.2) is 15.7 Å². The van der Waals surface area contributed by atoms with E-state index in [4.69, 9.17) is 0 Å². The van der Waals surface area contributed by atoms with Gasteiger partial charge in [0.1, 0.15) is 0 Å². The molecule has 0 bridgehead atoms. The van der Waals surface area contributed by atoms with E-state index < -0.39 is 0 Å². The number of hydrogen-bond acceptors (Lipinski definition) is 2. The molecule has 3 rings (SSSR count). The topological polar surface area (TPSA) is 46.9 Å². The number of aromatic nitrogens is 2. The Labute approximate surface area is 142 Å². The Kier molecular flexibility index (Phi) is 4.47. The van der Waals surface area contributed by atoms with Crippen molar-refractivity contribution in [1.82, 2.24) is 9.78 Å². The van der Waals surface area contributed by atoms with Gasteiger partial charge in [0.05, 0.1) is 23.6 Å². The molecule has 4 heteroatoms. The molecular formula is C20H21N3O. The van der Waals surface area contributed by atoms with Crippen molar-refractivity contribution in [1.29, 1.82) is 0 Å². The summed E-state index contributed by atoms with van der Waals surface area (Å²) < 4.78 is 1.94. The number of nitrogens with zero attached hydrogens (tertiary/aromatic N) is 2. The maximum Gasteiger partial charge on any atom is 0.255 e. The van der Waals surface area contributed by atoms with E-state index in [1.165, 1.54) is 11.1 Å². The van der Waals surface area contributed by atoms with Gasteiger partial charge in [-0.2, -0.15) is 5.10 Å². The van der Waals surface area contributed by atoms with E-state index in [0.29, 0.717) is 12.1 Å². The maximum absolute atomic E-state index is 12.4. The molecule has 0 aliphatic carbocycles. The summed E-state index contributed by atoms with van der Waals surface area (Å²) in [4.78, 5) is 12.4. The van der Waals surface area contributed by atoms with Gasteiger partial charge in [-0.3, -0.25) is 9.48 Å². The smallest absolute Gasteiger partial charge is 0.255 e. The van der Waals surface area contributed by atoms with Crippen LogP contribution < -0.4 is 5.32 Å². The number of rotatable bonds is 4. The molecule has 0 spiro atoms. The lowest BCUT2D eigenvalue weighted by atomic mass is 10.1. The van der Waals surface area contributed by atoms with E-state index in [1.807, 2.05) is 36.7 Å². The van der Waals surface area contributed by atoms with Crippen molar-refractivity contribution in [3.8, 4) is 0 Å². The number of aryl methyl sites for hydroxylation is 2. The predicted molar refractivity (Wildman–Crippen MR) is 96.4 cm³/mol. The molecule has 24 heavy (non-hydrogen) atoms. The molecule has 3 aromatic rings. The monoisotopic (exact) mass is 319 g/mol. The second-order valence-corrected chi connectivity index (χ2v) is 6.01. The van der Waals surface area contributed by atoms with Crippen LogP contribution in [-0.2, 0) is 6.54 Å². The van der Waals surface area contributed by atoms with Crippen molar-refractivity contribution in [3.05, 3.63) is 82.7 Å². The lowest BCUT2D eigenvalue weighted by Crippen LogP contribution is -2.13. The van der Waals surface area contributed by atoms with E-state index in [0.717, 1.165) is 17.1 Å². The van der Waals surface area contributed by atoms with E-state index in [-0.39, 0.29) is 5.91 Å². The van der Waals surface area contributed by atoms with Crippen LogP contribution in [0, 0.1) is 20.8 Å². The van der Waals surface area contributed by atoms with Gasteiger partial charge in [0.15, 0.2) is 0 Å². The van der Waals surface area contributed by atoms with Gasteiger partial charge < -0.3 is 5.32 Å². The maximum atomic E-state index is 12.4. The Hall–Kier alpha value is -2.88. The third-order valence-electron chi connectivity index (χ3n) is 4.07. The van der Waals surface area contributed by atoms with Gasteiger partial charge in [0.2, 0.25) is 0 Å². The third-order valence-corrected chi connectivity index (χ3v) is 4.07. The van der Waals surface area contributed by atoms with E-state index >= 15 is 0 Å². The standard InChI is InChI=1S/C20H21N3O/c1-14-8-7-9-17(12-14)13-23-16(3)19(15(2)22-23)21-20(24)18-10-5-4-6-11-18/h4-12H,13H2,1-3H3,(H,21,24). The van der Waals surface area contributed by atoms with Gasteiger partial charge in [-0.15, -0.1) is 0 Å². The lowest BCUT2D eigenvalue weighted by molar-refractivity contribution is 0.102. The second-order valence-electron chi connectivity index (χ2n) is 6.01. The fourth-order valence-electron chi connectivity index (χ4n) is 2.79. The fourth-order valence-corrected chi connectivity index (χ4v) is 2.79. The number of carbonyl (C=O) groups is 1. The first kappa shape index (κ1) is 16.0. The van der Waals surface area contributed by atoms with Crippen LogP contribution in [0.2, 0.25) is 0 Å². The molecule has 1 heterocycles. The molecule has 4 nitrogen and oxygen atoms in total. The molecule has 0 unspecified atom stereocenters. The van der Waals surface area contributed by atoms with Crippen LogP contribution in [0.15, 0.2) is 54.6 Å². The molecule has 0 fully saturated rings. The quantitative estimate of drug-likeness (QED) is 0.786. The fraction of sp³-hybridized carbons (Fsp3) is 0.200. The van der Waals surface area contributed by atoms with E-state index in [2.05, 4.69) is 41.6 Å². The zero-order chi connectivity index (χ0) is 17.1. The Morgan fingerprint density at radius 3 is 2.50 bits per heavy atom. The van der Waals surface area contributed by atoms with Crippen molar-refractivity contribution < 1.29 is 4.79 Å². The largest absolute Gasteiger partial charge is 0.319 e. The molecule has 0 saturated carbocycles. The zero-order valence-corrected chi connectivity index (χ0v) is 14.2. The van der Waals surface area contributed by atoms with Gasteiger partial charge in [0, 0.05) is 5.56 Å². The predicted octanol–water partition coefficient (Wildman–Crippen LogP) is 4.11. The number of amides is 1. The highest BCUT2D eigenvalue weighted by Crippen LogP contribution is 2.21. The number of carbonyl (C=O) groups excluding carboxylic acids is 1. The molecule has 1 N–H and O–H groups in total. The highest BCUT2D eigenvalue weighted by atomic mass is 16.1. The average molecular weight is 319 g/mol. The molecular weight excluding hydrogens is 298 g/mol. The van der Waals surface area contributed by atoms with Gasteiger partial charge in [-0.1, -0.05) is 48.0 Å². The van der Waals surface area contributed by atoms with Crippen LogP contribution in [0.5, 0.6) is 0 Å². The molecule has 0 aliphatic rings. The summed E-state index contributed by atoms with van der Waals surface area (Å²) in [6, 6.07) is 17.6. The molecule has 122 valence electrons. The number of nitrogens with one attached hydrogen (secondary N) is 1. The summed E-state index contributed by atoms with van der Waals surface area (Å²) in [6.07, 6.45) is 0. The minimum Gasteiger partial charge on any atom is -0.319 e. The molecule has 0 radical (unpaired) electrons. The summed E-state index contributed by atoms with van der Waals surface area (Å²) in [7, 11) is 0. The van der Waals surface area contributed by atoms with Crippen molar-refractivity contribution in [3.63, 3.8) is 0 Å². The Morgan fingerprint density at radius 2 is 1.79 bits per heavy atom. The normalized spacial score (nSPS) is 10.6. The summed E-state index contributed by atoms with van der Waals surface area (Å²) in [6.45, 7) is 6.67. The first-order chi connectivity index (χ1) is 11.5. The molecule has 2 aromatic carbocycles. The first-order valence-corrected chi connectivity index (χ1v) is 8.00. The Morgan fingerprint density at radius 1 is 1.04 bits per heavy atom. The van der Waals surface area contributed by atoms with Crippen molar-refractivity contribution in [2.45, 2.75) is 27.3 Å². The van der Waals surface area contributed by atoms with Gasteiger partial charge in [-0.05, 0) is 38.5 Å². The van der Waals surface area contributed by atoms with E-state index in [1.54, 1.807) is 12.1 Å². The summed E-state index contributed by atoms with van der Waals surface area (Å²) in [5.74, 6) is -0.114. The summed E-state index contributed by atoms with van der Waals surface area (Å²) in [5.41, 5.74) is 5.63. The average Bonchev–Trinajstić information content (AvgIpc) is 2.83. The third kappa shape index (κ3) is 3.38. The van der Waals surface area contributed by atoms with Crippen molar-refractivity contribution in [2.75, 3.05) is 5.32 Å². The van der Waals surface area contributed by atoms with Crippen molar-refractivity contribution in [2.24, 2.45) is 0 Å². The van der Waals surface area contributed by atoms with Gasteiger partial charge in [0.25, 0.3) is 5.91 Å². The van der Waals surface area contributed by atoms with Crippen LogP contribution in [0.25, 0.3) is 0 Å². The van der Waals surface area contributed by atoms with Crippen molar-refractivity contribution >= 4 is 11.6 Å². The summed E-state index contributed by atoms with van der Waals surface area (Å²) >= 11 is 0. The Balaban J connectivity index is 1.83. The summed E-state index contributed by atoms with van der Waals surface area (Å²) in [5, 5.41) is 7.57. The molecule has 1 aromatic heterocycles. The zero-order valence-electron chi connectivity index (χ0n) is 14.2. The number of benzene rings is 2.